The molecule has 1 aliphatic rings. The summed E-state index contributed by atoms with van der Waals surface area (Å²) in [4.78, 5) is 42.2. The fraction of sp³-hybridized carbons (Fsp3) is 0.261. The normalized spacial score (nSPS) is 14.0. The maximum atomic E-state index is 12.7. The van der Waals surface area contributed by atoms with Crippen LogP contribution >= 0.6 is 11.3 Å². The highest BCUT2D eigenvalue weighted by Crippen LogP contribution is 2.32. The molecule has 170 valence electrons. The predicted octanol–water partition coefficient (Wildman–Crippen LogP) is 4.79. The third-order valence-electron chi connectivity index (χ3n) is 5.62. The standard InChI is InChI=1S/C23H23N5O4S/c1-15-8-11-27(12-9-15)19-7-4-17(14-20(19)28(31)32)22(30)25-18-5-2-16(3-6-18)21(29)26-23-24-10-13-33-23/h2-7,10,13-15H,8-9,11-12H2,1H3,(H,25,30)(H,24,26,29). The van der Waals surface area contributed by atoms with Crippen molar-refractivity contribution in [3.05, 3.63) is 75.3 Å². The van der Waals surface area contributed by atoms with Crippen LogP contribution in [0.4, 0.5) is 22.2 Å². The number of nitro groups is 1. The van der Waals surface area contributed by atoms with E-state index in [1.165, 1.54) is 17.4 Å². The SMILES string of the molecule is CC1CCN(c2ccc(C(=O)Nc3ccc(C(=O)Nc4nccs4)cc3)cc2[N+](=O)[O-])CC1. The van der Waals surface area contributed by atoms with Crippen molar-refractivity contribution in [3.63, 3.8) is 0 Å². The van der Waals surface area contributed by atoms with Gasteiger partial charge < -0.3 is 10.2 Å². The van der Waals surface area contributed by atoms with E-state index >= 15 is 0 Å². The Hall–Kier alpha value is -3.79. The number of hydrogen-bond donors (Lipinski definition) is 2. The largest absolute Gasteiger partial charge is 0.366 e. The number of nitrogens with one attached hydrogen (secondary N) is 2. The molecular weight excluding hydrogens is 442 g/mol. The first-order valence-corrected chi connectivity index (χ1v) is 11.4. The number of rotatable bonds is 6. The number of aromatic nitrogens is 1. The van der Waals surface area contributed by atoms with Crippen molar-refractivity contribution in [1.82, 2.24) is 4.98 Å². The van der Waals surface area contributed by atoms with Crippen LogP contribution in [0.2, 0.25) is 0 Å². The van der Waals surface area contributed by atoms with Gasteiger partial charge in [-0.05, 0) is 55.2 Å². The van der Waals surface area contributed by atoms with Crippen LogP contribution in [0, 0.1) is 16.0 Å². The van der Waals surface area contributed by atoms with Crippen molar-refractivity contribution in [3.8, 4) is 0 Å². The van der Waals surface area contributed by atoms with Crippen molar-refractivity contribution in [2.75, 3.05) is 28.6 Å². The molecule has 33 heavy (non-hydrogen) atoms. The molecule has 0 aliphatic carbocycles. The van der Waals surface area contributed by atoms with Crippen LogP contribution in [-0.4, -0.2) is 34.8 Å². The molecule has 1 fully saturated rings. The van der Waals surface area contributed by atoms with Crippen molar-refractivity contribution in [2.24, 2.45) is 5.92 Å². The molecule has 3 aromatic rings. The summed E-state index contributed by atoms with van der Waals surface area (Å²) in [6.07, 6.45) is 3.57. The predicted molar refractivity (Wildman–Crippen MR) is 128 cm³/mol. The number of hydrogen-bond acceptors (Lipinski definition) is 7. The fourth-order valence-corrected chi connectivity index (χ4v) is 4.21. The summed E-state index contributed by atoms with van der Waals surface area (Å²) in [7, 11) is 0. The molecule has 0 radical (unpaired) electrons. The van der Waals surface area contributed by atoms with Crippen LogP contribution in [0.15, 0.2) is 54.0 Å². The summed E-state index contributed by atoms with van der Waals surface area (Å²) in [5, 5.41) is 19.4. The summed E-state index contributed by atoms with van der Waals surface area (Å²) >= 11 is 1.32. The van der Waals surface area contributed by atoms with E-state index < -0.39 is 10.8 Å². The number of benzene rings is 2. The van der Waals surface area contributed by atoms with Gasteiger partial charge >= 0.3 is 0 Å². The van der Waals surface area contributed by atoms with E-state index in [2.05, 4.69) is 22.5 Å². The number of thiazole rings is 1. The molecule has 0 saturated carbocycles. The van der Waals surface area contributed by atoms with E-state index in [1.54, 1.807) is 48.0 Å². The number of nitro benzene ring substituents is 1. The van der Waals surface area contributed by atoms with Gasteiger partial charge in [-0.3, -0.25) is 25.0 Å². The van der Waals surface area contributed by atoms with E-state index in [-0.39, 0.29) is 17.2 Å². The molecule has 2 N–H and O–H groups in total. The van der Waals surface area contributed by atoms with Gasteiger partial charge in [-0.15, -0.1) is 11.3 Å². The fourth-order valence-electron chi connectivity index (χ4n) is 3.69. The first-order chi connectivity index (χ1) is 15.9. The third kappa shape index (κ3) is 5.35. The van der Waals surface area contributed by atoms with Crippen LogP contribution in [0.1, 0.15) is 40.5 Å². The molecule has 2 heterocycles. The average Bonchev–Trinajstić information content (AvgIpc) is 3.32. The van der Waals surface area contributed by atoms with Gasteiger partial charge in [0.15, 0.2) is 5.13 Å². The highest BCUT2D eigenvalue weighted by atomic mass is 32.1. The van der Waals surface area contributed by atoms with E-state index in [1.807, 2.05) is 4.90 Å². The van der Waals surface area contributed by atoms with Crippen molar-refractivity contribution < 1.29 is 14.5 Å². The highest BCUT2D eigenvalue weighted by Gasteiger charge is 2.25. The lowest BCUT2D eigenvalue weighted by Gasteiger charge is -2.31. The van der Waals surface area contributed by atoms with Crippen molar-refractivity contribution in [2.45, 2.75) is 19.8 Å². The molecule has 10 heteroatoms. The van der Waals surface area contributed by atoms with Crippen molar-refractivity contribution >= 4 is 45.3 Å². The zero-order valence-electron chi connectivity index (χ0n) is 18.0. The zero-order valence-corrected chi connectivity index (χ0v) is 18.8. The molecule has 4 rings (SSSR count). The molecule has 1 saturated heterocycles. The Morgan fingerprint density at radius 2 is 1.73 bits per heavy atom. The lowest BCUT2D eigenvalue weighted by Crippen LogP contribution is -2.33. The molecule has 0 spiro atoms. The topological polar surface area (TPSA) is 117 Å². The zero-order chi connectivity index (χ0) is 23.4. The van der Waals surface area contributed by atoms with Gasteiger partial charge in [-0.25, -0.2) is 4.98 Å². The first-order valence-electron chi connectivity index (χ1n) is 10.6. The number of amides is 2. The van der Waals surface area contributed by atoms with Gasteiger partial charge in [0.1, 0.15) is 5.69 Å². The van der Waals surface area contributed by atoms with Gasteiger partial charge in [0.2, 0.25) is 0 Å². The summed E-state index contributed by atoms with van der Waals surface area (Å²) in [5.74, 6) is -0.159. The quantitative estimate of drug-likeness (QED) is 0.399. The minimum Gasteiger partial charge on any atom is -0.366 e. The Bertz CT molecular complexity index is 1160. The lowest BCUT2D eigenvalue weighted by atomic mass is 9.98. The second kappa shape index (κ2) is 9.78. The monoisotopic (exact) mass is 465 g/mol. The molecule has 0 atom stereocenters. The Kier molecular flexibility index (Phi) is 6.64. The van der Waals surface area contributed by atoms with Gasteiger partial charge in [-0.2, -0.15) is 0 Å². The van der Waals surface area contributed by atoms with E-state index in [9.17, 15) is 19.7 Å². The van der Waals surface area contributed by atoms with Crippen LogP contribution in [0.3, 0.4) is 0 Å². The first kappa shape index (κ1) is 22.4. The number of carbonyl (C=O) groups is 2. The van der Waals surface area contributed by atoms with E-state index in [0.717, 1.165) is 25.9 Å². The number of nitrogens with zero attached hydrogens (tertiary/aromatic N) is 3. The lowest BCUT2D eigenvalue weighted by molar-refractivity contribution is -0.384. The summed E-state index contributed by atoms with van der Waals surface area (Å²) in [6.45, 7) is 3.70. The molecule has 0 bridgehead atoms. The van der Waals surface area contributed by atoms with Crippen molar-refractivity contribution in [1.29, 1.82) is 0 Å². The summed E-state index contributed by atoms with van der Waals surface area (Å²) < 4.78 is 0. The molecular formula is C23H23N5O4S. The summed E-state index contributed by atoms with van der Waals surface area (Å²) in [5.41, 5.74) is 1.55. The molecule has 2 amide bonds. The second-order valence-corrected chi connectivity index (χ2v) is 8.85. The van der Waals surface area contributed by atoms with Gasteiger partial charge in [0, 0.05) is 47.5 Å². The molecule has 9 nitrogen and oxygen atoms in total. The van der Waals surface area contributed by atoms with Crippen LogP contribution < -0.4 is 15.5 Å². The average molecular weight is 466 g/mol. The number of carbonyl (C=O) groups excluding carboxylic acids is 2. The minimum atomic E-state index is -0.461. The number of anilines is 3. The third-order valence-corrected chi connectivity index (χ3v) is 6.30. The van der Waals surface area contributed by atoms with E-state index in [0.29, 0.717) is 28.0 Å². The molecule has 1 aromatic heterocycles. The second-order valence-electron chi connectivity index (χ2n) is 7.95. The smallest absolute Gasteiger partial charge is 0.293 e. The van der Waals surface area contributed by atoms with Crippen LogP contribution in [0.5, 0.6) is 0 Å². The Balaban J connectivity index is 1.45. The molecule has 0 unspecified atom stereocenters. The Labute approximate surface area is 194 Å². The highest BCUT2D eigenvalue weighted by molar-refractivity contribution is 7.13. The van der Waals surface area contributed by atoms with Gasteiger partial charge in [-0.1, -0.05) is 6.92 Å². The molecule has 2 aromatic carbocycles. The van der Waals surface area contributed by atoms with E-state index in [4.69, 9.17) is 0 Å². The summed E-state index contributed by atoms with van der Waals surface area (Å²) in [6, 6.07) is 10.9. The van der Waals surface area contributed by atoms with Crippen LogP contribution in [-0.2, 0) is 0 Å². The van der Waals surface area contributed by atoms with Gasteiger partial charge in [0.05, 0.1) is 4.92 Å². The van der Waals surface area contributed by atoms with Gasteiger partial charge in [0.25, 0.3) is 17.5 Å². The Morgan fingerprint density at radius 3 is 2.36 bits per heavy atom. The number of piperidine rings is 1. The Morgan fingerprint density at radius 1 is 1.06 bits per heavy atom. The maximum absolute atomic E-state index is 12.7. The minimum absolute atomic E-state index is 0.0774. The maximum Gasteiger partial charge on any atom is 0.293 e. The molecule has 1 aliphatic heterocycles. The van der Waals surface area contributed by atoms with Crippen LogP contribution in [0.25, 0.3) is 0 Å².